The standard InChI is InChI=1S/C16H27N3O/c1-5-9-14-13(12-17-19(14)16(2,3)4)15(20)18-10-7-6-8-11-18/h12H,5-11H2,1-4H3. The van der Waals surface area contributed by atoms with Crippen LogP contribution in [0.2, 0.25) is 0 Å². The summed E-state index contributed by atoms with van der Waals surface area (Å²) in [6.45, 7) is 10.3. The number of hydrogen-bond donors (Lipinski definition) is 0. The van der Waals surface area contributed by atoms with Gasteiger partial charge in [-0.05, 0) is 46.5 Å². The number of nitrogens with zero attached hydrogens (tertiary/aromatic N) is 3. The van der Waals surface area contributed by atoms with Gasteiger partial charge in [-0.3, -0.25) is 9.48 Å². The van der Waals surface area contributed by atoms with Gasteiger partial charge in [0.25, 0.3) is 5.91 Å². The van der Waals surface area contributed by atoms with Crippen molar-refractivity contribution in [3.63, 3.8) is 0 Å². The number of likely N-dealkylation sites (tertiary alicyclic amines) is 1. The second kappa shape index (κ2) is 5.98. The van der Waals surface area contributed by atoms with E-state index in [1.165, 1.54) is 6.42 Å². The molecule has 2 heterocycles. The molecule has 0 spiro atoms. The minimum absolute atomic E-state index is 0.0784. The summed E-state index contributed by atoms with van der Waals surface area (Å²) >= 11 is 0. The number of carbonyl (C=O) groups excluding carboxylic acids is 1. The molecule has 1 saturated heterocycles. The minimum Gasteiger partial charge on any atom is -0.339 e. The zero-order chi connectivity index (χ0) is 14.8. The lowest BCUT2D eigenvalue weighted by Gasteiger charge is -2.27. The molecule has 0 atom stereocenters. The van der Waals surface area contributed by atoms with E-state index in [9.17, 15) is 4.79 Å². The first-order chi connectivity index (χ1) is 9.45. The number of carbonyl (C=O) groups is 1. The van der Waals surface area contributed by atoms with Crippen molar-refractivity contribution in [2.75, 3.05) is 13.1 Å². The minimum atomic E-state index is -0.0784. The topological polar surface area (TPSA) is 38.1 Å². The summed E-state index contributed by atoms with van der Waals surface area (Å²) in [5.74, 6) is 0.170. The van der Waals surface area contributed by atoms with Gasteiger partial charge in [0.1, 0.15) is 0 Å². The lowest BCUT2D eigenvalue weighted by molar-refractivity contribution is 0.0723. The van der Waals surface area contributed by atoms with E-state index in [4.69, 9.17) is 0 Å². The van der Waals surface area contributed by atoms with Gasteiger partial charge in [0, 0.05) is 13.1 Å². The molecule has 4 nitrogen and oxygen atoms in total. The maximum atomic E-state index is 12.7. The Labute approximate surface area is 122 Å². The average molecular weight is 277 g/mol. The number of rotatable bonds is 3. The van der Waals surface area contributed by atoms with Crippen LogP contribution in [0.1, 0.15) is 69.4 Å². The fourth-order valence-electron chi connectivity index (χ4n) is 2.88. The van der Waals surface area contributed by atoms with E-state index >= 15 is 0 Å². The smallest absolute Gasteiger partial charge is 0.257 e. The van der Waals surface area contributed by atoms with Gasteiger partial charge in [-0.2, -0.15) is 5.10 Å². The van der Waals surface area contributed by atoms with Crippen molar-refractivity contribution in [1.82, 2.24) is 14.7 Å². The Hall–Kier alpha value is -1.32. The maximum Gasteiger partial charge on any atom is 0.257 e. The van der Waals surface area contributed by atoms with Crippen LogP contribution in [0.25, 0.3) is 0 Å². The molecule has 2 rings (SSSR count). The van der Waals surface area contributed by atoms with Gasteiger partial charge in [0.05, 0.1) is 23.0 Å². The van der Waals surface area contributed by atoms with Gasteiger partial charge in [0.2, 0.25) is 0 Å². The third kappa shape index (κ3) is 3.05. The highest BCUT2D eigenvalue weighted by Gasteiger charge is 2.26. The fraction of sp³-hybridized carbons (Fsp3) is 0.750. The van der Waals surface area contributed by atoms with Crippen molar-refractivity contribution < 1.29 is 4.79 Å². The van der Waals surface area contributed by atoms with Crippen molar-refractivity contribution in [1.29, 1.82) is 0 Å². The Balaban J connectivity index is 2.30. The second-order valence-corrected chi connectivity index (χ2v) is 6.69. The summed E-state index contributed by atoms with van der Waals surface area (Å²) < 4.78 is 2.02. The summed E-state index contributed by atoms with van der Waals surface area (Å²) in [6.07, 6.45) is 7.21. The normalized spacial score (nSPS) is 16.5. The van der Waals surface area contributed by atoms with Crippen molar-refractivity contribution in [2.24, 2.45) is 0 Å². The highest BCUT2D eigenvalue weighted by atomic mass is 16.2. The summed E-state index contributed by atoms with van der Waals surface area (Å²) in [5, 5.41) is 4.49. The van der Waals surface area contributed by atoms with Crippen molar-refractivity contribution >= 4 is 5.91 Å². The maximum absolute atomic E-state index is 12.7. The van der Waals surface area contributed by atoms with Crippen LogP contribution in [0.5, 0.6) is 0 Å². The molecule has 4 heteroatoms. The molecule has 0 bridgehead atoms. The number of amides is 1. The van der Waals surface area contributed by atoms with Crippen LogP contribution in [-0.2, 0) is 12.0 Å². The second-order valence-electron chi connectivity index (χ2n) is 6.69. The molecule has 1 aromatic rings. The Morgan fingerprint density at radius 3 is 2.45 bits per heavy atom. The van der Waals surface area contributed by atoms with Crippen molar-refractivity contribution in [3.05, 3.63) is 17.5 Å². The molecule has 1 amide bonds. The van der Waals surface area contributed by atoms with Crippen molar-refractivity contribution in [3.8, 4) is 0 Å². The van der Waals surface area contributed by atoms with Crippen LogP contribution in [0.15, 0.2) is 6.20 Å². The lowest BCUT2D eigenvalue weighted by Crippen LogP contribution is -2.36. The molecule has 0 N–H and O–H groups in total. The van der Waals surface area contributed by atoms with Crippen molar-refractivity contribution in [2.45, 2.75) is 65.3 Å². The van der Waals surface area contributed by atoms with E-state index in [-0.39, 0.29) is 11.4 Å². The number of piperidine rings is 1. The Kier molecular flexibility index (Phi) is 4.51. The van der Waals surface area contributed by atoms with Gasteiger partial charge in [0.15, 0.2) is 0 Å². The molecule has 20 heavy (non-hydrogen) atoms. The summed E-state index contributed by atoms with van der Waals surface area (Å²) in [6, 6.07) is 0. The first kappa shape index (κ1) is 15.1. The first-order valence-corrected chi connectivity index (χ1v) is 7.81. The van der Waals surface area contributed by atoms with Gasteiger partial charge < -0.3 is 4.90 Å². The predicted molar refractivity (Wildman–Crippen MR) is 81.0 cm³/mol. The highest BCUT2D eigenvalue weighted by molar-refractivity contribution is 5.95. The van der Waals surface area contributed by atoms with Crippen LogP contribution in [0.3, 0.4) is 0 Å². The molecular weight excluding hydrogens is 250 g/mol. The Morgan fingerprint density at radius 2 is 1.90 bits per heavy atom. The quantitative estimate of drug-likeness (QED) is 0.851. The third-order valence-electron chi connectivity index (χ3n) is 3.86. The molecule has 1 aliphatic heterocycles. The molecule has 0 aromatic carbocycles. The van der Waals surface area contributed by atoms with Crippen LogP contribution in [0.4, 0.5) is 0 Å². The van der Waals surface area contributed by atoms with Crippen LogP contribution < -0.4 is 0 Å². The van der Waals surface area contributed by atoms with Crippen LogP contribution in [0, 0.1) is 0 Å². The number of aromatic nitrogens is 2. The summed E-state index contributed by atoms with van der Waals surface area (Å²) in [7, 11) is 0. The van der Waals surface area contributed by atoms with Gasteiger partial charge in [-0.15, -0.1) is 0 Å². The van der Waals surface area contributed by atoms with E-state index in [0.717, 1.165) is 50.0 Å². The van der Waals surface area contributed by atoms with Crippen LogP contribution in [-0.4, -0.2) is 33.7 Å². The molecule has 0 aliphatic carbocycles. The predicted octanol–water partition coefficient (Wildman–Crippen LogP) is 3.22. The fourth-order valence-corrected chi connectivity index (χ4v) is 2.88. The molecular formula is C16H27N3O. The van der Waals surface area contributed by atoms with E-state index in [0.29, 0.717) is 0 Å². The first-order valence-electron chi connectivity index (χ1n) is 7.81. The molecule has 0 saturated carbocycles. The van der Waals surface area contributed by atoms with Gasteiger partial charge >= 0.3 is 0 Å². The zero-order valence-corrected chi connectivity index (χ0v) is 13.3. The van der Waals surface area contributed by atoms with Gasteiger partial charge in [-0.25, -0.2) is 0 Å². The average Bonchev–Trinajstić information content (AvgIpc) is 2.83. The summed E-state index contributed by atoms with van der Waals surface area (Å²) in [5.41, 5.74) is 1.82. The molecule has 0 unspecified atom stereocenters. The monoisotopic (exact) mass is 277 g/mol. The highest BCUT2D eigenvalue weighted by Crippen LogP contribution is 2.22. The summed E-state index contributed by atoms with van der Waals surface area (Å²) in [4.78, 5) is 14.7. The number of hydrogen-bond acceptors (Lipinski definition) is 2. The zero-order valence-electron chi connectivity index (χ0n) is 13.3. The van der Waals surface area contributed by atoms with E-state index in [1.54, 1.807) is 6.20 Å². The van der Waals surface area contributed by atoms with Gasteiger partial charge in [-0.1, -0.05) is 13.3 Å². The Morgan fingerprint density at radius 1 is 1.25 bits per heavy atom. The van der Waals surface area contributed by atoms with E-state index in [2.05, 4.69) is 32.8 Å². The van der Waals surface area contributed by atoms with Crippen LogP contribution >= 0.6 is 0 Å². The van der Waals surface area contributed by atoms with E-state index in [1.807, 2.05) is 9.58 Å². The molecule has 0 radical (unpaired) electrons. The van der Waals surface area contributed by atoms with E-state index < -0.39 is 0 Å². The SMILES string of the molecule is CCCc1c(C(=O)N2CCCCC2)cnn1C(C)(C)C. The lowest BCUT2D eigenvalue weighted by atomic mass is 10.0. The molecule has 112 valence electrons. The third-order valence-corrected chi connectivity index (χ3v) is 3.86. The molecule has 1 fully saturated rings. The molecule has 1 aliphatic rings. The molecule has 1 aromatic heterocycles. The Bertz CT molecular complexity index is 465. The largest absolute Gasteiger partial charge is 0.339 e.